The van der Waals surface area contributed by atoms with Gasteiger partial charge in [0, 0.05) is 24.6 Å². The lowest BCUT2D eigenvalue weighted by molar-refractivity contribution is 0.00800. The molecule has 1 amide bonds. The van der Waals surface area contributed by atoms with Crippen LogP contribution >= 0.6 is 23.2 Å². The maximum Gasteiger partial charge on any atom is 0.410 e. The molecule has 7 heteroatoms. The number of ether oxygens (including phenoxy) is 2. The van der Waals surface area contributed by atoms with Crippen LogP contribution in [-0.4, -0.2) is 43.3 Å². The molecular formula is C17H24Cl2N2O3. The van der Waals surface area contributed by atoms with Gasteiger partial charge < -0.3 is 20.1 Å². The highest BCUT2D eigenvalue weighted by Gasteiger charge is 2.38. The largest absolute Gasteiger partial charge is 0.496 e. The van der Waals surface area contributed by atoms with Gasteiger partial charge in [-0.25, -0.2) is 4.79 Å². The summed E-state index contributed by atoms with van der Waals surface area (Å²) in [6.07, 6.45) is 0.327. The Kier molecular flexibility index (Phi) is 5.89. The second-order valence-corrected chi connectivity index (χ2v) is 7.68. The monoisotopic (exact) mass is 374 g/mol. The van der Waals surface area contributed by atoms with Crippen LogP contribution in [0.25, 0.3) is 0 Å². The van der Waals surface area contributed by atoms with E-state index in [0.29, 0.717) is 41.8 Å². The molecule has 0 aliphatic carbocycles. The van der Waals surface area contributed by atoms with Crippen molar-refractivity contribution in [1.29, 1.82) is 0 Å². The zero-order valence-corrected chi connectivity index (χ0v) is 16.0. The molecule has 1 aliphatic heterocycles. The molecule has 0 saturated carbocycles. The molecule has 0 aromatic heterocycles. The molecule has 0 radical (unpaired) electrons. The smallest absolute Gasteiger partial charge is 0.410 e. The first kappa shape index (κ1) is 19.2. The molecule has 1 heterocycles. The molecule has 0 spiro atoms. The summed E-state index contributed by atoms with van der Waals surface area (Å²) < 4.78 is 10.9. The van der Waals surface area contributed by atoms with E-state index in [0.717, 1.165) is 11.1 Å². The first-order chi connectivity index (χ1) is 11.2. The Morgan fingerprint density at radius 1 is 1.38 bits per heavy atom. The molecule has 134 valence electrons. The van der Waals surface area contributed by atoms with Gasteiger partial charge in [0.15, 0.2) is 0 Å². The Bertz CT molecular complexity index is 623. The third kappa shape index (κ3) is 4.08. The van der Waals surface area contributed by atoms with Gasteiger partial charge in [-0.15, -0.1) is 0 Å². The van der Waals surface area contributed by atoms with E-state index in [9.17, 15) is 4.79 Å². The van der Waals surface area contributed by atoms with E-state index < -0.39 is 5.60 Å². The van der Waals surface area contributed by atoms with Crippen molar-refractivity contribution in [2.45, 2.75) is 38.7 Å². The predicted molar refractivity (Wildman–Crippen MR) is 96.3 cm³/mol. The van der Waals surface area contributed by atoms with Crippen LogP contribution in [0.3, 0.4) is 0 Å². The summed E-state index contributed by atoms with van der Waals surface area (Å²) in [5.74, 6) is 0.777. The SMILES string of the molecule is COc1c(CCN)cc(Cl)c(Cl)c1C1CN(C(=O)OC(C)(C)C)C1. The van der Waals surface area contributed by atoms with E-state index in [-0.39, 0.29) is 12.0 Å². The zero-order chi connectivity index (χ0) is 18.1. The van der Waals surface area contributed by atoms with Gasteiger partial charge in [0.2, 0.25) is 0 Å². The third-order valence-electron chi connectivity index (χ3n) is 3.84. The topological polar surface area (TPSA) is 64.8 Å². The van der Waals surface area contributed by atoms with Gasteiger partial charge in [0.25, 0.3) is 0 Å². The maximum atomic E-state index is 12.1. The van der Waals surface area contributed by atoms with Crippen LogP contribution in [0.2, 0.25) is 10.0 Å². The minimum Gasteiger partial charge on any atom is -0.496 e. The molecule has 0 unspecified atom stereocenters. The number of hydrogen-bond acceptors (Lipinski definition) is 4. The van der Waals surface area contributed by atoms with Crippen molar-refractivity contribution >= 4 is 29.3 Å². The summed E-state index contributed by atoms with van der Waals surface area (Å²) in [7, 11) is 1.60. The first-order valence-corrected chi connectivity index (χ1v) is 8.66. The standard InChI is InChI=1S/C17H24Cl2N2O3/c1-17(2,3)24-16(22)21-8-11(9-21)13-14(19)12(18)7-10(5-6-20)15(13)23-4/h7,11H,5-6,8-9,20H2,1-4H3. The van der Waals surface area contributed by atoms with Gasteiger partial charge >= 0.3 is 6.09 Å². The van der Waals surface area contributed by atoms with E-state index in [1.807, 2.05) is 20.8 Å². The van der Waals surface area contributed by atoms with Gasteiger partial charge in [-0.1, -0.05) is 23.2 Å². The highest BCUT2D eigenvalue weighted by molar-refractivity contribution is 6.42. The Morgan fingerprint density at radius 2 is 2.00 bits per heavy atom. The molecule has 1 saturated heterocycles. The summed E-state index contributed by atoms with van der Waals surface area (Å²) in [6, 6.07) is 1.80. The third-order valence-corrected chi connectivity index (χ3v) is 4.64. The fourth-order valence-corrected chi connectivity index (χ4v) is 3.29. The number of halogens is 2. The van der Waals surface area contributed by atoms with Gasteiger partial charge in [-0.2, -0.15) is 0 Å². The number of likely N-dealkylation sites (tertiary alicyclic amines) is 1. The Labute approximate surface area is 153 Å². The molecule has 2 N–H and O–H groups in total. The van der Waals surface area contributed by atoms with Crippen molar-refractivity contribution in [3.8, 4) is 5.75 Å². The van der Waals surface area contributed by atoms with E-state index in [1.54, 1.807) is 18.1 Å². The normalized spacial score (nSPS) is 15.2. The number of carbonyl (C=O) groups is 1. The lowest BCUT2D eigenvalue weighted by Gasteiger charge is -2.41. The highest BCUT2D eigenvalue weighted by atomic mass is 35.5. The second-order valence-electron chi connectivity index (χ2n) is 6.90. The van der Waals surface area contributed by atoms with Crippen LogP contribution in [0.4, 0.5) is 4.79 Å². The van der Waals surface area contributed by atoms with Crippen LogP contribution in [0, 0.1) is 0 Å². The van der Waals surface area contributed by atoms with Crippen molar-refractivity contribution in [1.82, 2.24) is 4.90 Å². The maximum absolute atomic E-state index is 12.1. The first-order valence-electron chi connectivity index (χ1n) is 7.90. The number of benzene rings is 1. The number of nitrogens with zero attached hydrogens (tertiary/aromatic N) is 1. The lowest BCUT2D eigenvalue weighted by atomic mass is 9.89. The van der Waals surface area contributed by atoms with Gasteiger partial charge in [0.05, 0.1) is 17.2 Å². The molecule has 1 aliphatic rings. The average molecular weight is 375 g/mol. The fraction of sp³-hybridized carbons (Fsp3) is 0.588. The van der Waals surface area contributed by atoms with E-state index in [4.69, 9.17) is 38.4 Å². The van der Waals surface area contributed by atoms with Gasteiger partial charge in [-0.05, 0) is 45.4 Å². The summed E-state index contributed by atoms with van der Waals surface area (Å²) in [6.45, 7) is 7.07. The molecule has 1 fully saturated rings. The fourth-order valence-electron chi connectivity index (χ4n) is 2.77. The minimum absolute atomic E-state index is 0.0650. The van der Waals surface area contributed by atoms with Crippen molar-refractivity contribution in [2.24, 2.45) is 5.73 Å². The van der Waals surface area contributed by atoms with Crippen LogP contribution in [0.1, 0.15) is 37.8 Å². The lowest BCUT2D eigenvalue weighted by Crippen LogP contribution is -2.50. The van der Waals surface area contributed by atoms with Crippen LogP contribution in [0.15, 0.2) is 6.07 Å². The number of amides is 1. The molecule has 2 rings (SSSR count). The number of rotatable bonds is 4. The summed E-state index contributed by atoms with van der Waals surface area (Å²) in [4.78, 5) is 13.7. The van der Waals surface area contributed by atoms with Gasteiger partial charge in [0.1, 0.15) is 11.4 Å². The predicted octanol–water partition coefficient (Wildman–Crippen LogP) is 3.84. The van der Waals surface area contributed by atoms with Crippen molar-refractivity contribution in [2.75, 3.05) is 26.7 Å². The molecule has 24 heavy (non-hydrogen) atoms. The summed E-state index contributed by atoms with van der Waals surface area (Å²) >= 11 is 12.7. The van der Waals surface area contributed by atoms with Crippen LogP contribution in [0.5, 0.6) is 5.75 Å². The van der Waals surface area contributed by atoms with E-state index >= 15 is 0 Å². The summed E-state index contributed by atoms with van der Waals surface area (Å²) in [5.41, 5.74) is 6.93. The number of methoxy groups -OCH3 is 1. The molecule has 1 aromatic rings. The minimum atomic E-state index is -0.512. The molecular weight excluding hydrogens is 351 g/mol. The molecule has 0 bridgehead atoms. The Morgan fingerprint density at radius 3 is 2.50 bits per heavy atom. The quantitative estimate of drug-likeness (QED) is 0.869. The average Bonchev–Trinajstić information content (AvgIpc) is 2.40. The van der Waals surface area contributed by atoms with E-state index in [2.05, 4.69) is 0 Å². The van der Waals surface area contributed by atoms with Crippen molar-refractivity contribution in [3.63, 3.8) is 0 Å². The second kappa shape index (κ2) is 7.38. The van der Waals surface area contributed by atoms with Crippen LogP contribution in [-0.2, 0) is 11.2 Å². The highest BCUT2D eigenvalue weighted by Crippen LogP contribution is 2.44. The Hall–Kier alpha value is -1.17. The zero-order valence-electron chi connectivity index (χ0n) is 14.5. The summed E-state index contributed by atoms with van der Waals surface area (Å²) in [5, 5.41) is 0.953. The molecule has 0 atom stereocenters. The van der Waals surface area contributed by atoms with Gasteiger partial charge in [-0.3, -0.25) is 0 Å². The number of nitrogens with two attached hydrogens (primary N) is 1. The Balaban J connectivity index is 2.21. The van der Waals surface area contributed by atoms with Crippen molar-refractivity contribution < 1.29 is 14.3 Å². The van der Waals surface area contributed by atoms with Crippen molar-refractivity contribution in [3.05, 3.63) is 27.2 Å². The number of carbonyl (C=O) groups excluding carboxylic acids is 1. The molecule has 5 nitrogen and oxygen atoms in total. The van der Waals surface area contributed by atoms with Crippen LogP contribution < -0.4 is 10.5 Å². The number of hydrogen-bond donors (Lipinski definition) is 1. The molecule has 1 aromatic carbocycles. The van der Waals surface area contributed by atoms with E-state index in [1.165, 1.54) is 0 Å².